The fraction of sp³-hybridized carbons (Fsp3) is 0.842. The topological polar surface area (TPSA) is 57.5 Å². The molecular weight excluding hydrogens is 276 g/mol. The highest BCUT2D eigenvalue weighted by molar-refractivity contribution is 5.91. The molecule has 2 N–H and O–H groups in total. The van der Waals surface area contributed by atoms with Gasteiger partial charge >= 0.3 is 0 Å². The molecule has 0 amide bonds. The molecule has 2 aliphatic carbocycles. The van der Waals surface area contributed by atoms with Crippen molar-refractivity contribution in [1.82, 2.24) is 0 Å². The van der Waals surface area contributed by atoms with Gasteiger partial charge in [0.1, 0.15) is 5.78 Å². The first-order valence-corrected chi connectivity index (χ1v) is 9.06. The Balaban J connectivity index is 1.79. The average Bonchev–Trinajstić information content (AvgIpc) is 2.50. The molecule has 0 radical (unpaired) electrons. The smallest absolute Gasteiger partial charge is 0.139 e. The number of hydrogen-bond donors (Lipinski definition) is 2. The van der Waals surface area contributed by atoms with Crippen LogP contribution < -0.4 is 0 Å². The highest BCUT2D eigenvalue weighted by Crippen LogP contribution is 2.55. The van der Waals surface area contributed by atoms with Crippen LogP contribution in [0.5, 0.6) is 0 Å². The van der Waals surface area contributed by atoms with Crippen molar-refractivity contribution in [3.8, 4) is 0 Å². The summed E-state index contributed by atoms with van der Waals surface area (Å²) in [7, 11) is 0. The van der Waals surface area contributed by atoms with Crippen LogP contribution in [0.25, 0.3) is 0 Å². The maximum absolute atomic E-state index is 11.8. The summed E-state index contributed by atoms with van der Waals surface area (Å²) in [6, 6.07) is 0. The van der Waals surface area contributed by atoms with Gasteiger partial charge in [-0.25, -0.2) is 0 Å². The molecule has 0 spiro atoms. The molecule has 0 aromatic carbocycles. The summed E-state index contributed by atoms with van der Waals surface area (Å²) in [5.74, 6) is 0.641. The summed E-state index contributed by atoms with van der Waals surface area (Å²) < 4.78 is 0. The zero-order valence-corrected chi connectivity index (χ0v) is 14.1. The molecule has 126 valence electrons. The summed E-state index contributed by atoms with van der Waals surface area (Å²) in [4.78, 5) is 11.8. The van der Waals surface area contributed by atoms with E-state index in [1.165, 1.54) is 25.7 Å². The fourth-order valence-corrected chi connectivity index (χ4v) is 4.10. The second-order valence-corrected chi connectivity index (χ2v) is 7.49. The van der Waals surface area contributed by atoms with Gasteiger partial charge < -0.3 is 10.2 Å². The van der Waals surface area contributed by atoms with Crippen molar-refractivity contribution in [3.63, 3.8) is 0 Å². The molecule has 0 unspecified atom stereocenters. The third kappa shape index (κ3) is 3.80. The predicted octanol–water partition coefficient (Wildman–Crippen LogP) is 3.63. The number of aliphatic hydroxyl groups is 2. The van der Waals surface area contributed by atoms with Crippen molar-refractivity contribution < 1.29 is 15.0 Å². The first-order valence-electron chi connectivity index (χ1n) is 9.06. The molecule has 5 atom stereocenters. The van der Waals surface area contributed by atoms with E-state index in [9.17, 15) is 15.0 Å². The van der Waals surface area contributed by atoms with E-state index in [-0.39, 0.29) is 23.4 Å². The molecule has 3 heteroatoms. The van der Waals surface area contributed by atoms with Crippen LogP contribution in [-0.2, 0) is 4.79 Å². The second-order valence-electron chi connectivity index (χ2n) is 7.49. The second kappa shape index (κ2) is 7.74. The van der Waals surface area contributed by atoms with Gasteiger partial charge in [0.2, 0.25) is 0 Å². The van der Waals surface area contributed by atoms with Crippen LogP contribution in [0, 0.1) is 17.3 Å². The van der Waals surface area contributed by atoms with Gasteiger partial charge in [0.25, 0.3) is 0 Å². The molecule has 2 fully saturated rings. The Morgan fingerprint density at radius 1 is 1.32 bits per heavy atom. The van der Waals surface area contributed by atoms with E-state index < -0.39 is 6.10 Å². The Hall–Kier alpha value is -0.670. The van der Waals surface area contributed by atoms with Crippen LogP contribution >= 0.6 is 0 Å². The van der Waals surface area contributed by atoms with Crippen LogP contribution in [0.15, 0.2) is 12.2 Å². The van der Waals surface area contributed by atoms with Gasteiger partial charge in [-0.1, -0.05) is 58.1 Å². The largest absolute Gasteiger partial charge is 0.393 e. The van der Waals surface area contributed by atoms with E-state index >= 15 is 0 Å². The van der Waals surface area contributed by atoms with Crippen LogP contribution in [0.3, 0.4) is 0 Å². The molecule has 0 aromatic heterocycles. The number of carbonyl (C=O) groups is 1. The molecule has 2 saturated carbocycles. The molecule has 3 nitrogen and oxygen atoms in total. The first kappa shape index (κ1) is 17.7. The maximum Gasteiger partial charge on any atom is 0.139 e. The first-order chi connectivity index (χ1) is 10.5. The molecule has 0 heterocycles. The molecular formula is C19H32O3. The Bertz CT molecular complexity index is 403. The zero-order valence-electron chi connectivity index (χ0n) is 14.1. The Kier molecular flexibility index (Phi) is 6.22. The van der Waals surface area contributed by atoms with Crippen LogP contribution in [0.2, 0.25) is 0 Å². The Labute approximate surface area is 134 Å². The van der Waals surface area contributed by atoms with Crippen molar-refractivity contribution >= 4 is 5.78 Å². The van der Waals surface area contributed by atoms with Gasteiger partial charge in [0, 0.05) is 17.8 Å². The van der Waals surface area contributed by atoms with Crippen molar-refractivity contribution in [1.29, 1.82) is 0 Å². The minimum absolute atomic E-state index is 0.0335. The van der Waals surface area contributed by atoms with Gasteiger partial charge in [0.15, 0.2) is 0 Å². The predicted molar refractivity (Wildman–Crippen MR) is 88.5 cm³/mol. The summed E-state index contributed by atoms with van der Waals surface area (Å²) in [6.45, 7) is 4.24. The van der Waals surface area contributed by atoms with Crippen LogP contribution in [0.4, 0.5) is 0 Å². The van der Waals surface area contributed by atoms with Crippen LogP contribution in [0.1, 0.15) is 71.6 Å². The lowest BCUT2D eigenvalue weighted by atomic mass is 9.50. The highest BCUT2D eigenvalue weighted by atomic mass is 16.3. The monoisotopic (exact) mass is 308 g/mol. The lowest BCUT2D eigenvalue weighted by Crippen LogP contribution is -2.56. The van der Waals surface area contributed by atoms with Crippen molar-refractivity contribution in [2.45, 2.75) is 83.8 Å². The molecule has 2 rings (SSSR count). The lowest BCUT2D eigenvalue weighted by molar-refractivity contribution is -0.157. The molecule has 2 aliphatic rings. The lowest BCUT2D eigenvalue weighted by Gasteiger charge is -2.53. The highest BCUT2D eigenvalue weighted by Gasteiger charge is 2.57. The summed E-state index contributed by atoms with van der Waals surface area (Å²) in [5.41, 5.74) is -0.223. The van der Waals surface area contributed by atoms with Gasteiger partial charge in [-0.15, -0.1) is 0 Å². The molecule has 0 aliphatic heterocycles. The number of rotatable bonds is 8. The normalized spacial score (nSPS) is 36.2. The number of carbonyl (C=O) groups excluding carboxylic acids is 1. The summed E-state index contributed by atoms with van der Waals surface area (Å²) >= 11 is 0. The van der Waals surface area contributed by atoms with E-state index in [1.807, 2.05) is 19.1 Å². The Morgan fingerprint density at radius 3 is 2.73 bits per heavy atom. The fourth-order valence-electron chi connectivity index (χ4n) is 4.10. The standard InChI is InChI=1S/C19H32O3/c1-3-4-5-6-7-8-14(20)9-10-15-16-13-18(22)19(16,2)12-11-17(15)21/h9-10,14-17,20-21H,3-8,11-13H2,1-2H3/t14-,15+,16+,17+,19-/m1/s1. The van der Waals surface area contributed by atoms with E-state index in [0.29, 0.717) is 18.6 Å². The Morgan fingerprint density at radius 2 is 2.05 bits per heavy atom. The summed E-state index contributed by atoms with van der Waals surface area (Å²) in [5, 5.41) is 20.3. The number of Topliss-reactive ketones (excluding diaryl/α,β-unsaturated/α-hetero) is 1. The minimum Gasteiger partial charge on any atom is -0.393 e. The minimum atomic E-state index is -0.419. The average molecular weight is 308 g/mol. The van der Waals surface area contributed by atoms with Gasteiger partial charge in [0.05, 0.1) is 12.2 Å². The van der Waals surface area contributed by atoms with Crippen molar-refractivity contribution in [3.05, 3.63) is 12.2 Å². The molecule has 0 saturated heterocycles. The van der Waals surface area contributed by atoms with Crippen molar-refractivity contribution in [2.75, 3.05) is 0 Å². The summed E-state index contributed by atoms with van der Waals surface area (Å²) in [6.07, 6.45) is 11.9. The molecule has 22 heavy (non-hydrogen) atoms. The van der Waals surface area contributed by atoms with Gasteiger partial charge in [-0.2, -0.15) is 0 Å². The van der Waals surface area contributed by atoms with Gasteiger partial charge in [-0.05, 0) is 25.2 Å². The molecule has 0 aromatic rings. The number of ketones is 1. The number of fused-ring (bicyclic) bond motifs is 1. The van der Waals surface area contributed by atoms with E-state index in [2.05, 4.69) is 6.92 Å². The number of unbranched alkanes of at least 4 members (excludes halogenated alkanes) is 4. The number of aliphatic hydroxyl groups excluding tert-OH is 2. The third-order valence-corrected chi connectivity index (χ3v) is 5.89. The SMILES string of the molecule is CCCCCCC[C@@H](O)C=C[C@@H]1[C@@H](O)CC[C@@]2(C)C(=O)C[C@@H]12. The van der Waals surface area contributed by atoms with E-state index in [0.717, 1.165) is 19.3 Å². The van der Waals surface area contributed by atoms with Gasteiger partial charge in [-0.3, -0.25) is 4.79 Å². The third-order valence-electron chi connectivity index (χ3n) is 5.89. The molecule has 0 bridgehead atoms. The zero-order chi connectivity index (χ0) is 16.2. The van der Waals surface area contributed by atoms with E-state index in [1.54, 1.807) is 0 Å². The quantitative estimate of drug-likeness (QED) is 0.532. The van der Waals surface area contributed by atoms with Crippen LogP contribution in [-0.4, -0.2) is 28.2 Å². The van der Waals surface area contributed by atoms with E-state index in [4.69, 9.17) is 0 Å². The maximum atomic E-state index is 11.8. The number of hydrogen-bond acceptors (Lipinski definition) is 3. The van der Waals surface area contributed by atoms with Crippen molar-refractivity contribution in [2.24, 2.45) is 17.3 Å².